The molecular formula is C14H24F3NO2S. The SMILES string of the molecule is CS(=O)(=O)C1CCCCC1NC1CCC(C(F)(F)F)CC1. The molecule has 0 heterocycles. The Hall–Kier alpha value is -0.300. The highest BCUT2D eigenvalue weighted by molar-refractivity contribution is 7.91. The molecule has 0 aromatic carbocycles. The van der Waals surface area contributed by atoms with E-state index in [0.29, 0.717) is 19.3 Å². The van der Waals surface area contributed by atoms with Crippen molar-refractivity contribution in [3.63, 3.8) is 0 Å². The minimum Gasteiger partial charge on any atom is -0.310 e. The van der Waals surface area contributed by atoms with Crippen molar-refractivity contribution >= 4 is 9.84 Å². The summed E-state index contributed by atoms with van der Waals surface area (Å²) in [5, 5.41) is 2.96. The second-order valence-corrected chi connectivity index (χ2v) is 8.78. The van der Waals surface area contributed by atoms with Crippen LogP contribution >= 0.6 is 0 Å². The Kier molecular flexibility index (Phi) is 5.23. The summed E-state index contributed by atoms with van der Waals surface area (Å²) in [6.07, 6.45) is 1.80. The van der Waals surface area contributed by atoms with E-state index in [9.17, 15) is 21.6 Å². The van der Waals surface area contributed by atoms with Crippen molar-refractivity contribution in [3.8, 4) is 0 Å². The zero-order valence-electron chi connectivity index (χ0n) is 12.3. The van der Waals surface area contributed by atoms with Crippen molar-refractivity contribution < 1.29 is 21.6 Å². The molecule has 2 aliphatic carbocycles. The highest BCUT2D eigenvalue weighted by Crippen LogP contribution is 2.38. The van der Waals surface area contributed by atoms with Gasteiger partial charge in [-0.2, -0.15) is 13.2 Å². The highest BCUT2D eigenvalue weighted by Gasteiger charge is 2.42. The number of hydrogen-bond donors (Lipinski definition) is 1. The molecule has 2 fully saturated rings. The zero-order chi connectivity index (χ0) is 15.7. The molecule has 0 aromatic heterocycles. The average molecular weight is 327 g/mol. The van der Waals surface area contributed by atoms with E-state index in [1.807, 2.05) is 0 Å². The summed E-state index contributed by atoms with van der Waals surface area (Å²) in [5.74, 6) is -1.19. The molecule has 0 spiro atoms. The van der Waals surface area contributed by atoms with Gasteiger partial charge in [-0.05, 0) is 38.5 Å². The summed E-state index contributed by atoms with van der Waals surface area (Å²) in [6.45, 7) is 0. The van der Waals surface area contributed by atoms with Crippen LogP contribution in [0.4, 0.5) is 13.2 Å². The normalized spacial score (nSPS) is 35.6. The van der Waals surface area contributed by atoms with Crippen LogP contribution < -0.4 is 5.32 Å². The minimum absolute atomic E-state index is 0.0240. The molecule has 0 amide bonds. The number of alkyl halides is 3. The van der Waals surface area contributed by atoms with Gasteiger partial charge in [-0.3, -0.25) is 0 Å². The molecule has 2 atom stereocenters. The third kappa shape index (κ3) is 4.58. The van der Waals surface area contributed by atoms with Gasteiger partial charge in [0.2, 0.25) is 0 Å². The number of sulfone groups is 1. The first-order valence-electron chi connectivity index (χ1n) is 7.69. The van der Waals surface area contributed by atoms with Gasteiger partial charge in [0, 0.05) is 18.3 Å². The molecule has 0 aliphatic heterocycles. The van der Waals surface area contributed by atoms with Gasteiger partial charge in [-0.15, -0.1) is 0 Å². The second kappa shape index (κ2) is 6.44. The molecule has 0 aromatic rings. The molecule has 21 heavy (non-hydrogen) atoms. The largest absolute Gasteiger partial charge is 0.391 e. The van der Waals surface area contributed by atoms with E-state index in [0.717, 1.165) is 19.3 Å². The summed E-state index contributed by atoms with van der Waals surface area (Å²) in [5.41, 5.74) is 0. The molecule has 0 saturated heterocycles. The Morgan fingerprint density at radius 2 is 1.52 bits per heavy atom. The lowest BCUT2D eigenvalue weighted by molar-refractivity contribution is -0.182. The van der Waals surface area contributed by atoms with E-state index in [-0.39, 0.29) is 30.2 Å². The lowest BCUT2D eigenvalue weighted by Gasteiger charge is -2.37. The Bertz CT molecular complexity index is 442. The lowest BCUT2D eigenvalue weighted by atomic mass is 9.84. The van der Waals surface area contributed by atoms with Crippen molar-refractivity contribution in [2.24, 2.45) is 5.92 Å². The smallest absolute Gasteiger partial charge is 0.310 e. The molecular weight excluding hydrogens is 303 g/mol. The first-order valence-corrected chi connectivity index (χ1v) is 9.65. The van der Waals surface area contributed by atoms with Crippen molar-refractivity contribution in [2.45, 2.75) is 74.9 Å². The number of halogens is 3. The Morgan fingerprint density at radius 1 is 0.952 bits per heavy atom. The second-order valence-electron chi connectivity index (χ2n) is 6.52. The van der Waals surface area contributed by atoms with E-state index in [1.54, 1.807) is 0 Å². The fourth-order valence-corrected chi connectivity index (χ4v) is 5.10. The summed E-state index contributed by atoms with van der Waals surface area (Å²) in [6, 6.07) is -0.0721. The lowest BCUT2D eigenvalue weighted by Crippen LogP contribution is -2.51. The van der Waals surface area contributed by atoms with Crippen LogP contribution in [-0.2, 0) is 9.84 Å². The van der Waals surface area contributed by atoms with Crippen LogP contribution in [0.5, 0.6) is 0 Å². The van der Waals surface area contributed by atoms with E-state index in [2.05, 4.69) is 5.32 Å². The maximum absolute atomic E-state index is 12.6. The van der Waals surface area contributed by atoms with Crippen molar-refractivity contribution in [2.75, 3.05) is 6.26 Å². The Balaban J connectivity index is 1.90. The van der Waals surface area contributed by atoms with Crippen LogP contribution in [0, 0.1) is 5.92 Å². The highest BCUT2D eigenvalue weighted by atomic mass is 32.2. The van der Waals surface area contributed by atoms with Gasteiger partial charge in [0.15, 0.2) is 9.84 Å². The third-order valence-electron chi connectivity index (χ3n) is 4.89. The maximum Gasteiger partial charge on any atom is 0.391 e. The monoisotopic (exact) mass is 327 g/mol. The summed E-state index contributed by atoms with van der Waals surface area (Å²) >= 11 is 0. The summed E-state index contributed by atoms with van der Waals surface area (Å²) in [7, 11) is -3.10. The first kappa shape index (κ1) is 17.1. The van der Waals surface area contributed by atoms with E-state index < -0.39 is 21.9 Å². The third-order valence-corrected chi connectivity index (χ3v) is 6.56. The molecule has 0 bridgehead atoms. The predicted molar refractivity (Wildman–Crippen MR) is 75.8 cm³/mol. The van der Waals surface area contributed by atoms with E-state index in [1.165, 1.54) is 6.26 Å². The van der Waals surface area contributed by atoms with E-state index in [4.69, 9.17) is 0 Å². The predicted octanol–water partition coefficient (Wildman–Crippen LogP) is 3.05. The van der Waals surface area contributed by atoms with Gasteiger partial charge >= 0.3 is 6.18 Å². The minimum atomic E-state index is -4.09. The fourth-order valence-electron chi connectivity index (χ4n) is 3.69. The van der Waals surface area contributed by atoms with Gasteiger partial charge < -0.3 is 5.32 Å². The van der Waals surface area contributed by atoms with Crippen molar-refractivity contribution in [1.29, 1.82) is 0 Å². The van der Waals surface area contributed by atoms with Crippen molar-refractivity contribution in [1.82, 2.24) is 5.32 Å². The molecule has 3 nitrogen and oxygen atoms in total. The first-order chi connectivity index (χ1) is 9.68. The van der Waals surface area contributed by atoms with Gasteiger partial charge in [0.05, 0.1) is 11.2 Å². The molecule has 2 unspecified atom stereocenters. The average Bonchev–Trinajstić information content (AvgIpc) is 2.37. The van der Waals surface area contributed by atoms with Crippen LogP contribution in [0.3, 0.4) is 0 Å². The quantitative estimate of drug-likeness (QED) is 0.866. The topological polar surface area (TPSA) is 46.2 Å². The molecule has 124 valence electrons. The fraction of sp³-hybridized carbons (Fsp3) is 1.00. The molecule has 2 aliphatic rings. The molecule has 1 N–H and O–H groups in total. The van der Waals surface area contributed by atoms with E-state index >= 15 is 0 Å². The van der Waals surface area contributed by atoms with Gasteiger partial charge in [-0.25, -0.2) is 8.42 Å². The standard InChI is InChI=1S/C14H24F3NO2S/c1-21(19,20)13-5-3-2-4-12(13)18-11-8-6-10(7-9-11)14(15,16)17/h10-13,18H,2-9H2,1H3. The van der Waals surface area contributed by atoms with Gasteiger partial charge in [-0.1, -0.05) is 12.8 Å². The van der Waals surface area contributed by atoms with Crippen LogP contribution in [0.15, 0.2) is 0 Å². The van der Waals surface area contributed by atoms with Crippen LogP contribution in [-0.4, -0.2) is 38.2 Å². The Morgan fingerprint density at radius 3 is 2.05 bits per heavy atom. The number of hydrogen-bond acceptors (Lipinski definition) is 3. The number of rotatable bonds is 3. The van der Waals surface area contributed by atoms with Crippen LogP contribution in [0.1, 0.15) is 51.4 Å². The summed E-state index contributed by atoms with van der Waals surface area (Å²) < 4.78 is 61.6. The maximum atomic E-state index is 12.6. The molecule has 2 rings (SSSR count). The van der Waals surface area contributed by atoms with Gasteiger partial charge in [0.25, 0.3) is 0 Å². The molecule has 7 heteroatoms. The van der Waals surface area contributed by atoms with Gasteiger partial charge in [0.1, 0.15) is 0 Å². The van der Waals surface area contributed by atoms with Crippen LogP contribution in [0.25, 0.3) is 0 Å². The molecule has 0 radical (unpaired) electrons. The molecule has 2 saturated carbocycles. The van der Waals surface area contributed by atoms with Crippen molar-refractivity contribution in [3.05, 3.63) is 0 Å². The Labute approximate surface area is 124 Å². The summed E-state index contributed by atoms with van der Waals surface area (Å²) in [4.78, 5) is 0. The van der Waals surface area contributed by atoms with Crippen LogP contribution in [0.2, 0.25) is 0 Å². The zero-order valence-corrected chi connectivity index (χ0v) is 13.1. The number of nitrogens with one attached hydrogen (secondary N) is 1.